The summed E-state index contributed by atoms with van der Waals surface area (Å²) in [6, 6.07) is 18.7. The fourth-order valence-corrected chi connectivity index (χ4v) is 3.38. The average Bonchev–Trinajstić information content (AvgIpc) is 2.98. The first kappa shape index (κ1) is 15.9. The third-order valence-corrected chi connectivity index (χ3v) is 4.69. The summed E-state index contributed by atoms with van der Waals surface area (Å²) in [6.07, 6.45) is 0. The largest absolute Gasteiger partial charge is 0.310 e. The molecule has 3 aromatic rings. The van der Waals surface area contributed by atoms with Crippen LogP contribution in [0.5, 0.6) is 0 Å². The average molecular weight is 344 g/mol. The van der Waals surface area contributed by atoms with Crippen LogP contribution in [0.2, 0.25) is 0 Å². The number of anilines is 1. The molecule has 1 aromatic heterocycles. The zero-order valence-corrected chi connectivity index (χ0v) is 14.1. The summed E-state index contributed by atoms with van der Waals surface area (Å²) in [4.78, 5) is 25.5. The Labute approximate surface area is 149 Å². The van der Waals surface area contributed by atoms with Crippen molar-refractivity contribution in [1.29, 1.82) is 5.26 Å². The Morgan fingerprint density at radius 3 is 2.38 bits per heavy atom. The van der Waals surface area contributed by atoms with Gasteiger partial charge in [0.1, 0.15) is 11.7 Å². The molecule has 0 fully saturated rings. The Bertz CT molecular complexity index is 1070. The van der Waals surface area contributed by atoms with Crippen molar-refractivity contribution in [2.24, 2.45) is 5.92 Å². The lowest BCUT2D eigenvalue weighted by molar-refractivity contribution is -0.119. The van der Waals surface area contributed by atoms with E-state index in [1.165, 1.54) is 4.68 Å². The molecule has 0 bridgehead atoms. The van der Waals surface area contributed by atoms with Crippen molar-refractivity contribution in [2.75, 3.05) is 5.32 Å². The summed E-state index contributed by atoms with van der Waals surface area (Å²) in [5, 5.41) is 15.2. The Hall–Kier alpha value is -3.59. The van der Waals surface area contributed by atoms with Gasteiger partial charge in [-0.1, -0.05) is 48.0 Å². The third kappa shape index (κ3) is 2.42. The molecule has 1 amide bonds. The van der Waals surface area contributed by atoms with Crippen LogP contribution < -0.4 is 10.9 Å². The second kappa shape index (κ2) is 6.05. The maximum Gasteiger partial charge on any atom is 0.277 e. The Morgan fingerprint density at radius 1 is 1.04 bits per heavy atom. The molecular formula is C20H16N4O2. The van der Waals surface area contributed by atoms with Crippen LogP contribution in [0.25, 0.3) is 5.69 Å². The number of rotatable bonds is 2. The molecule has 6 nitrogen and oxygen atoms in total. The highest BCUT2D eigenvalue weighted by atomic mass is 16.2. The summed E-state index contributed by atoms with van der Waals surface area (Å²) in [7, 11) is 0. The number of H-pyrrole nitrogens is 1. The van der Waals surface area contributed by atoms with E-state index in [9.17, 15) is 14.9 Å². The number of aryl methyl sites for hydroxylation is 1. The van der Waals surface area contributed by atoms with Gasteiger partial charge in [-0.2, -0.15) is 5.26 Å². The van der Waals surface area contributed by atoms with Crippen molar-refractivity contribution in [1.82, 2.24) is 9.78 Å². The van der Waals surface area contributed by atoms with Gasteiger partial charge in [-0.05, 0) is 24.6 Å². The van der Waals surface area contributed by atoms with E-state index in [2.05, 4.69) is 16.5 Å². The number of amides is 1. The minimum absolute atomic E-state index is 0.267. The third-order valence-electron chi connectivity index (χ3n) is 4.69. The van der Waals surface area contributed by atoms with E-state index < -0.39 is 17.7 Å². The number of para-hydroxylation sites is 1. The molecule has 0 spiro atoms. The fraction of sp³-hybridized carbons (Fsp3) is 0.150. The number of carbonyl (C=O) groups excluding carboxylic acids is 1. The summed E-state index contributed by atoms with van der Waals surface area (Å²) in [6.45, 7) is 1.96. The van der Waals surface area contributed by atoms with Crippen LogP contribution in [0.4, 0.5) is 5.82 Å². The topological polar surface area (TPSA) is 90.7 Å². The van der Waals surface area contributed by atoms with Crippen LogP contribution in [0.1, 0.15) is 22.6 Å². The van der Waals surface area contributed by atoms with E-state index in [-0.39, 0.29) is 5.56 Å². The monoisotopic (exact) mass is 344 g/mol. The van der Waals surface area contributed by atoms with Crippen LogP contribution in [0, 0.1) is 24.2 Å². The molecule has 2 N–H and O–H groups in total. The van der Waals surface area contributed by atoms with Gasteiger partial charge in [-0.3, -0.25) is 14.7 Å². The number of carbonyl (C=O) groups is 1. The van der Waals surface area contributed by atoms with E-state index in [0.29, 0.717) is 17.1 Å². The first-order chi connectivity index (χ1) is 12.6. The highest BCUT2D eigenvalue weighted by molar-refractivity contribution is 5.97. The lowest BCUT2D eigenvalue weighted by Crippen LogP contribution is -2.35. The highest BCUT2D eigenvalue weighted by Crippen LogP contribution is 2.38. The van der Waals surface area contributed by atoms with Crippen molar-refractivity contribution >= 4 is 11.7 Å². The first-order valence-corrected chi connectivity index (χ1v) is 8.27. The second-order valence-electron chi connectivity index (χ2n) is 6.36. The molecular weight excluding hydrogens is 328 g/mol. The SMILES string of the molecule is Cc1ccc([C@@H]2c3c([nH]n(-c4ccccc4)c3=O)NC(=O)[C@@H]2C#N)cc1. The van der Waals surface area contributed by atoms with Gasteiger partial charge >= 0.3 is 0 Å². The highest BCUT2D eigenvalue weighted by Gasteiger charge is 2.40. The van der Waals surface area contributed by atoms with Crippen molar-refractivity contribution in [2.45, 2.75) is 12.8 Å². The molecule has 2 aromatic carbocycles. The summed E-state index contributed by atoms with van der Waals surface area (Å²) < 4.78 is 1.39. The summed E-state index contributed by atoms with van der Waals surface area (Å²) >= 11 is 0. The van der Waals surface area contributed by atoms with Gasteiger partial charge in [-0.15, -0.1) is 0 Å². The number of benzene rings is 2. The molecule has 2 atom stereocenters. The minimum Gasteiger partial charge on any atom is -0.310 e. The number of aromatic nitrogens is 2. The van der Waals surface area contributed by atoms with Crippen molar-refractivity contribution in [3.8, 4) is 11.8 Å². The molecule has 0 unspecified atom stereocenters. The Morgan fingerprint density at radius 2 is 1.73 bits per heavy atom. The predicted molar refractivity (Wildman–Crippen MR) is 97.1 cm³/mol. The van der Waals surface area contributed by atoms with Gasteiger partial charge < -0.3 is 5.32 Å². The van der Waals surface area contributed by atoms with Gasteiger partial charge in [-0.25, -0.2) is 4.68 Å². The molecule has 0 saturated heterocycles. The van der Waals surface area contributed by atoms with Gasteiger partial charge in [0.2, 0.25) is 5.91 Å². The number of nitrogens with one attached hydrogen (secondary N) is 2. The van der Waals surface area contributed by atoms with E-state index in [0.717, 1.165) is 11.1 Å². The van der Waals surface area contributed by atoms with Crippen LogP contribution in [-0.4, -0.2) is 15.7 Å². The van der Waals surface area contributed by atoms with Crippen molar-refractivity contribution in [3.63, 3.8) is 0 Å². The van der Waals surface area contributed by atoms with Gasteiger partial charge in [0.15, 0.2) is 0 Å². The molecule has 128 valence electrons. The maximum absolute atomic E-state index is 13.1. The number of aromatic amines is 1. The number of hydrogen-bond acceptors (Lipinski definition) is 3. The lowest BCUT2D eigenvalue weighted by atomic mass is 9.79. The molecule has 1 aliphatic heterocycles. The quantitative estimate of drug-likeness (QED) is 0.749. The first-order valence-electron chi connectivity index (χ1n) is 8.27. The molecule has 6 heteroatoms. The van der Waals surface area contributed by atoms with Crippen molar-refractivity contribution < 1.29 is 4.79 Å². The van der Waals surface area contributed by atoms with E-state index >= 15 is 0 Å². The number of nitrogens with zero attached hydrogens (tertiary/aromatic N) is 2. The van der Waals surface area contributed by atoms with E-state index in [1.54, 1.807) is 12.1 Å². The predicted octanol–water partition coefficient (Wildman–Crippen LogP) is 2.70. The van der Waals surface area contributed by atoms with Gasteiger partial charge in [0.05, 0.1) is 17.3 Å². The van der Waals surface area contributed by atoms with Gasteiger partial charge in [0.25, 0.3) is 5.56 Å². The molecule has 2 heterocycles. The zero-order valence-electron chi connectivity index (χ0n) is 14.1. The number of fused-ring (bicyclic) bond motifs is 1. The summed E-state index contributed by atoms with van der Waals surface area (Å²) in [5.74, 6) is -1.64. The smallest absolute Gasteiger partial charge is 0.277 e. The molecule has 0 saturated carbocycles. The molecule has 1 aliphatic rings. The number of hydrogen-bond donors (Lipinski definition) is 2. The van der Waals surface area contributed by atoms with E-state index in [4.69, 9.17) is 0 Å². The van der Waals surface area contributed by atoms with E-state index in [1.807, 2.05) is 49.4 Å². The normalized spacial score (nSPS) is 18.7. The molecule has 4 rings (SSSR count). The fourth-order valence-electron chi connectivity index (χ4n) is 3.38. The van der Waals surface area contributed by atoms with Crippen LogP contribution >= 0.6 is 0 Å². The van der Waals surface area contributed by atoms with Gasteiger partial charge in [0, 0.05) is 5.92 Å². The maximum atomic E-state index is 13.1. The van der Waals surface area contributed by atoms with Crippen LogP contribution in [0.15, 0.2) is 59.4 Å². The Balaban J connectivity index is 1.94. The summed E-state index contributed by atoms with van der Waals surface area (Å²) in [5.41, 5.74) is 2.64. The molecule has 0 aliphatic carbocycles. The van der Waals surface area contributed by atoms with Crippen LogP contribution in [-0.2, 0) is 4.79 Å². The van der Waals surface area contributed by atoms with Crippen LogP contribution in [0.3, 0.4) is 0 Å². The standard InChI is InChI=1S/C20H16N4O2/c1-12-7-9-13(10-8-12)16-15(11-21)19(25)22-18-17(16)20(26)24(23-18)14-5-3-2-4-6-14/h2-10,15-16,23H,1H3,(H,22,25)/t15-,16+/m1/s1. The Kier molecular flexibility index (Phi) is 3.70. The lowest BCUT2D eigenvalue weighted by Gasteiger charge is -2.26. The minimum atomic E-state index is -0.960. The number of nitriles is 1. The second-order valence-corrected chi connectivity index (χ2v) is 6.36. The zero-order chi connectivity index (χ0) is 18.3. The van der Waals surface area contributed by atoms with Crippen molar-refractivity contribution in [3.05, 3.63) is 81.6 Å². The molecule has 0 radical (unpaired) electrons. The molecule has 26 heavy (non-hydrogen) atoms.